The van der Waals surface area contributed by atoms with E-state index in [1.807, 2.05) is 31.2 Å². The van der Waals surface area contributed by atoms with Gasteiger partial charge in [-0.25, -0.2) is 4.79 Å². The van der Waals surface area contributed by atoms with Gasteiger partial charge in [0.2, 0.25) is 0 Å². The van der Waals surface area contributed by atoms with E-state index in [9.17, 15) is 9.59 Å². The molecule has 5 nitrogen and oxygen atoms in total. The quantitative estimate of drug-likeness (QED) is 0.799. The highest BCUT2D eigenvalue weighted by molar-refractivity contribution is 6.00. The number of hydrogen-bond acceptors (Lipinski definition) is 3. The van der Waals surface area contributed by atoms with Crippen molar-refractivity contribution in [1.82, 2.24) is 10.3 Å². The summed E-state index contributed by atoms with van der Waals surface area (Å²) in [4.78, 5) is 27.9. The minimum Gasteiger partial charge on any atom is -0.464 e. The average molecular weight is 328 g/mol. The molecule has 0 radical (unpaired) electrons. The van der Waals surface area contributed by atoms with E-state index in [1.165, 1.54) is 6.42 Å². The summed E-state index contributed by atoms with van der Waals surface area (Å²) in [5, 5.41) is 3.85. The minimum atomic E-state index is -0.574. The van der Waals surface area contributed by atoms with Gasteiger partial charge >= 0.3 is 5.97 Å². The van der Waals surface area contributed by atoms with Gasteiger partial charge < -0.3 is 15.0 Å². The molecule has 1 heterocycles. The van der Waals surface area contributed by atoms with Crippen molar-refractivity contribution >= 4 is 22.8 Å². The molecule has 1 amide bonds. The lowest BCUT2D eigenvalue weighted by molar-refractivity contribution is -0.146. The van der Waals surface area contributed by atoms with E-state index < -0.39 is 6.04 Å². The largest absolute Gasteiger partial charge is 0.464 e. The molecule has 0 spiro atoms. The van der Waals surface area contributed by atoms with E-state index in [0.29, 0.717) is 24.6 Å². The van der Waals surface area contributed by atoms with Crippen LogP contribution in [0.2, 0.25) is 0 Å². The summed E-state index contributed by atoms with van der Waals surface area (Å²) < 4.78 is 5.12. The van der Waals surface area contributed by atoms with Gasteiger partial charge in [0.25, 0.3) is 5.91 Å². The summed E-state index contributed by atoms with van der Waals surface area (Å²) in [6.07, 6.45) is 4.11. The van der Waals surface area contributed by atoms with Crippen molar-refractivity contribution < 1.29 is 14.3 Å². The van der Waals surface area contributed by atoms with Crippen molar-refractivity contribution in [3.63, 3.8) is 0 Å². The van der Waals surface area contributed by atoms with E-state index in [4.69, 9.17) is 4.74 Å². The van der Waals surface area contributed by atoms with Crippen molar-refractivity contribution in [3.8, 4) is 0 Å². The fraction of sp³-hybridized carbons (Fsp3) is 0.474. The summed E-state index contributed by atoms with van der Waals surface area (Å²) >= 11 is 0. The van der Waals surface area contributed by atoms with Crippen LogP contribution in [-0.2, 0) is 9.53 Å². The highest BCUT2D eigenvalue weighted by atomic mass is 16.5. The lowest BCUT2D eigenvalue weighted by Gasteiger charge is -2.29. The minimum absolute atomic E-state index is 0.261. The van der Waals surface area contributed by atoms with Crippen LogP contribution in [0, 0.1) is 12.8 Å². The molecule has 24 heavy (non-hydrogen) atoms. The number of amides is 1. The zero-order chi connectivity index (χ0) is 17.1. The third kappa shape index (κ3) is 3.45. The maximum Gasteiger partial charge on any atom is 0.328 e. The molecule has 1 aromatic carbocycles. The third-order valence-electron chi connectivity index (χ3n) is 4.78. The van der Waals surface area contributed by atoms with Gasteiger partial charge in [-0.05, 0) is 37.8 Å². The van der Waals surface area contributed by atoms with Crippen LogP contribution in [0.25, 0.3) is 10.9 Å². The molecule has 1 aliphatic carbocycles. The summed E-state index contributed by atoms with van der Waals surface area (Å²) in [5.41, 5.74) is 2.51. The Balaban J connectivity index is 1.75. The smallest absolute Gasteiger partial charge is 0.328 e. The van der Waals surface area contributed by atoms with Crippen molar-refractivity contribution in [2.45, 2.75) is 45.6 Å². The number of para-hydroxylation sites is 1. The van der Waals surface area contributed by atoms with Crippen LogP contribution < -0.4 is 5.32 Å². The molecule has 2 aromatic rings. The second-order valence-electron chi connectivity index (χ2n) is 6.53. The van der Waals surface area contributed by atoms with Gasteiger partial charge in [-0.15, -0.1) is 0 Å². The number of benzene rings is 1. The molecular weight excluding hydrogens is 304 g/mol. The number of hydrogen-bond donors (Lipinski definition) is 2. The zero-order valence-electron chi connectivity index (χ0n) is 14.2. The number of aryl methyl sites for hydroxylation is 1. The second kappa shape index (κ2) is 7.07. The predicted octanol–water partition coefficient (Wildman–Crippen LogP) is 3.33. The molecule has 1 aliphatic rings. The van der Waals surface area contributed by atoms with E-state index in [1.54, 1.807) is 6.92 Å². The molecule has 0 saturated heterocycles. The second-order valence-corrected chi connectivity index (χ2v) is 6.53. The summed E-state index contributed by atoms with van der Waals surface area (Å²) in [6, 6.07) is 7.18. The number of nitrogens with one attached hydrogen (secondary N) is 2. The van der Waals surface area contributed by atoms with Crippen LogP contribution in [-0.4, -0.2) is 29.5 Å². The average Bonchev–Trinajstić information content (AvgIpc) is 2.95. The predicted molar refractivity (Wildman–Crippen MR) is 92.9 cm³/mol. The molecule has 1 unspecified atom stereocenters. The molecule has 128 valence electrons. The van der Waals surface area contributed by atoms with Gasteiger partial charge in [0.1, 0.15) is 11.7 Å². The third-order valence-corrected chi connectivity index (χ3v) is 4.78. The van der Waals surface area contributed by atoms with Gasteiger partial charge in [0.05, 0.1) is 6.61 Å². The summed E-state index contributed by atoms with van der Waals surface area (Å²) in [7, 11) is 0. The molecule has 1 saturated carbocycles. The number of aromatic nitrogens is 1. The Hall–Kier alpha value is -2.30. The number of fused-ring (bicyclic) bond motifs is 1. The van der Waals surface area contributed by atoms with Crippen LogP contribution in [0.15, 0.2) is 24.3 Å². The van der Waals surface area contributed by atoms with Gasteiger partial charge in [0.15, 0.2) is 0 Å². The number of carbonyl (C=O) groups excluding carboxylic acids is 2. The topological polar surface area (TPSA) is 71.2 Å². The highest BCUT2D eigenvalue weighted by Crippen LogP contribution is 2.30. The number of aromatic amines is 1. The molecule has 3 rings (SSSR count). The van der Waals surface area contributed by atoms with Crippen LogP contribution >= 0.6 is 0 Å². The van der Waals surface area contributed by atoms with Crippen molar-refractivity contribution in [2.75, 3.05) is 6.61 Å². The van der Waals surface area contributed by atoms with E-state index in [0.717, 1.165) is 29.3 Å². The van der Waals surface area contributed by atoms with Crippen molar-refractivity contribution in [3.05, 3.63) is 35.5 Å². The number of ether oxygens (including phenoxy) is 1. The fourth-order valence-corrected chi connectivity index (χ4v) is 3.18. The molecule has 5 heteroatoms. The lowest BCUT2D eigenvalue weighted by atomic mass is 9.81. The number of esters is 1. The Bertz CT molecular complexity index is 746. The van der Waals surface area contributed by atoms with Crippen LogP contribution in [0.4, 0.5) is 0 Å². The van der Waals surface area contributed by atoms with E-state index >= 15 is 0 Å². The summed E-state index contributed by atoms with van der Waals surface area (Å²) in [6.45, 7) is 4.10. The Labute approximate surface area is 141 Å². The summed E-state index contributed by atoms with van der Waals surface area (Å²) in [5.74, 6) is -0.0994. The van der Waals surface area contributed by atoms with Crippen LogP contribution in [0.1, 0.15) is 48.7 Å². The fourth-order valence-electron chi connectivity index (χ4n) is 3.18. The Morgan fingerprint density at radius 1 is 1.38 bits per heavy atom. The molecule has 0 bridgehead atoms. The maximum absolute atomic E-state index is 12.6. The number of rotatable bonds is 6. The molecular formula is C19H24N2O3. The lowest BCUT2D eigenvalue weighted by Crippen LogP contribution is -2.44. The monoisotopic (exact) mass is 328 g/mol. The van der Waals surface area contributed by atoms with Gasteiger partial charge in [0, 0.05) is 10.9 Å². The SMILES string of the molecule is CCOC(=O)C(CC1CCC1)NC(=O)c1cc2cccc(C)c2[nH]1. The normalized spacial score (nSPS) is 15.8. The van der Waals surface area contributed by atoms with E-state index in [2.05, 4.69) is 10.3 Å². The Kier molecular flexibility index (Phi) is 4.88. The van der Waals surface area contributed by atoms with Crippen LogP contribution in [0.3, 0.4) is 0 Å². The molecule has 0 aliphatic heterocycles. The number of H-pyrrole nitrogens is 1. The maximum atomic E-state index is 12.6. The van der Waals surface area contributed by atoms with Gasteiger partial charge in [-0.1, -0.05) is 37.5 Å². The molecule has 1 aromatic heterocycles. The van der Waals surface area contributed by atoms with E-state index in [-0.39, 0.29) is 11.9 Å². The highest BCUT2D eigenvalue weighted by Gasteiger charge is 2.29. The van der Waals surface area contributed by atoms with Crippen LogP contribution in [0.5, 0.6) is 0 Å². The van der Waals surface area contributed by atoms with Gasteiger partial charge in [-0.2, -0.15) is 0 Å². The van der Waals surface area contributed by atoms with Crippen molar-refractivity contribution in [2.24, 2.45) is 5.92 Å². The first-order valence-electron chi connectivity index (χ1n) is 8.64. The first-order chi connectivity index (χ1) is 11.6. The first kappa shape index (κ1) is 16.6. The molecule has 1 atom stereocenters. The zero-order valence-corrected chi connectivity index (χ0v) is 14.2. The Morgan fingerprint density at radius 2 is 2.17 bits per heavy atom. The standard InChI is InChI=1S/C19H24N2O3/c1-3-24-19(23)16(10-13-7-5-8-13)21-18(22)15-11-14-9-4-6-12(2)17(14)20-15/h4,6,9,11,13,16,20H,3,5,7-8,10H2,1-2H3,(H,21,22). The Morgan fingerprint density at radius 3 is 2.79 bits per heavy atom. The first-order valence-corrected chi connectivity index (χ1v) is 8.64. The van der Waals surface area contributed by atoms with Gasteiger partial charge in [-0.3, -0.25) is 4.79 Å². The molecule has 1 fully saturated rings. The number of carbonyl (C=O) groups is 2. The molecule has 2 N–H and O–H groups in total. The van der Waals surface area contributed by atoms with Crippen molar-refractivity contribution in [1.29, 1.82) is 0 Å².